The summed E-state index contributed by atoms with van der Waals surface area (Å²) in [5, 5.41) is 1.04. The normalized spacial score (nSPS) is 13.7. The Morgan fingerprint density at radius 1 is 1.06 bits per heavy atom. The number of hydrogen-bond acceptors (Lipinski definition) is 5. The molecule has 4 rings (SSSR count). The summed E-state index contributed by atoms with van der Waals surface area (Å²) in [7, 11) is 0. The van der Waals surface area contributed by atoms with Gasteiger partial charge in [-0.25, -0.2) is 14.2 Å². The third-order valence-corrected chi connectivity index (χ3v) is 6.10. The summed E-state index contributed by atoms with van der Waals surface area (Å²) in [4.78, 5) is 44.5. The molecule has 3 aromatic rings. The van der Waals surface area contributed by atoms with Gasteiger partial charge in [-0.1, -0.05) is 24.6 Å². The van der Waals surface area contributed by atoms with E-state index in [-0.39, 0.29) is 17.6 Å². The Kier molecular flexibility index (Phi) is 7.16. The molecule has 0 saturated carbocycles. The van der Waals surface area contributed by atoms with Crippen LogP contribution in [0, 0.1) is 5.82 Å². The molecule has 3 amide bonds. The fourth-order valence-corrected chi connectivity index (χ4v) is 4.16. The summed E-state index contributed by atoms with van der Waals surface area (Å²) in [6.45, 7) is 3.85. The van der Waals surface area contributed by atoms with Crippen molar-refractivity contribution in [3.8, 4) is 11.3 Å². The number of carbonyl (C=O) groups is 3. The first-order valence-corrected chi connectivity index (χ1v) is 11.6. The third-order valence-electron chi connectivity index (χ3n) is 5.79. The molecule has 2 aromatic carbocycles. The topological polar surface area (TPSA) is 106 Å². The van der Waals surface area contributed by atoms with Gasteiger partial charge in [0.15, 0.2) is 0 Å². The van der Waals surface area contributed by atoms with Crippen LogP contribution in [0.3, 0.4) is 0 Å². The monoisotopic (exact) mass is 498 g/mol. The van der Waals surface area contributed by atoms with Gasteiger partial charge in [0.2, 0.25) is 0 Å². The van der Waals surface area contributed by atoms with Gasteiger partial charge in [-0.15, -0.1) is 0 Å². The molecule has 0 atom stereocenters. The number of aromatic nitrogens is 1. The van der Waals surface area contributed by atoms with E-state index in [1.165, 1.54) is 12.1 Å². The zero-order valence-electron chi connectivity index (χ0n) is 19.1. The molecule has 0 bridgehead atoms. The molecule has 0 aliphatic carbocycles. The molecule has 1 aliphatic heterocycles. The van der Waals surface area contributed by atoms with Gasteiger partial charge in [0.25, 0.3) is 11.8 Å². The highest BCUT2D eigenvalue weighted by atomic mass is 35.5. The molecule has 1 saturated heterocycles. The van der Waals surface area contributed by atoms with Gasteiger partial charge in [-0.05, 0) is 42.8 Å². The predicted octanol–water partition coefficient (Wildman–Crippen LogP) is 4.10. The van der Waals surface area contributed by atoms with E-state index in [0.717, 1.165) is 12.5 Å². The smallest absolute Gasteiger partial charge is 0.409 e. The fraction of sp³-hybridized carbons (Fsp3) is 0.280. The van der Waals surface area contributed by atoms with Gasteiger partial charge in [-0.2, -0.15) is 0 Å². The second kappa shape index (κ2) is 10.3. The van der Waals surface area contributed by atoms with Crippen LogP contribution < -0.4 is 5.73 Å². The molecule has 0 spiro atoms. The van der Waals surface area contributed by atoms with Crippen LogP contribution in [0.1, 0.15) is 34.1 Å². The van der Waals surface area contributed by atoms with Crippen LogP contribution in [0.5, 0.6) is 0 Å². The number of pyridine rings is 1. The van der Waals surface area contributed by atoms with Crippen LogP contribution in [0.2, 0.25) is 5.02 Å². The lowest BCUT2D eigenvalue weighted by Gasteiger charge is -2.34. The number of piperazine rings is 1. The molecule has 10 heteroatoms. The third kappa shape index (κ3) is 5.19. The molecular formula is C25H24ClFN4O4. The van der Waals surface area contributed by atoms with E-state index in [2.05, 4.69) is 4.98 Å². The number of ether oxygens (including phenoxy) is 1. The number of nitrogens with two attached hydrogens (primary N) is 1. The lowest BCUT2D eigenvalue weighted by Crippen LogP contribution is -2.50. The van der Waals surface area contributed by atoms with Gasteiger partial charge < -0.3 is 20.3 Å². The summed E-state index contributed by atoms with van der Waals surface area (Å²) in [5.74, 6) is -1.79. The van der Waals surface area contributed by atoms with Gasteiger partial charge in [0, 0.05) is 42.7 Å². The summed E-state index contributed by atoms with van der Waals surface area (Å²) in [5.41, 5.74) is 6.79. The summed E-state index contributed by atoms with van der Waals surface area (Å²) >= 11 is 6.46. The highest BCUT2D eigenvalue weighted by Crippen LogP contribution is 2.30. The minimum atomic E-state index is -0.886. The number of rotatable bonds is 5. The Labute approximate surface area is 206 Å². The number of carbonyl (C=O) groups excluding carboxylic acids is 3. The molecule has 8 nitrogen and oxygen atoms in total. The average Bonchev–Trinajstić information content (AvgIpc) is 2.86. The van der Waals surface area contributed by atoms with E-state index >= 15 is 0 Å². The van der Waals surface area contributed by atoms with Crippen LogP contribution in [0.25, 0.3) is 22.2 Å². The molecule has 1 aromatic heterocycles. The zero-order chi connectivity index (χ0) is 25.1. The van der Waals surface area contributed by atoms with Crippen molar-refractivity contribution in [2.24, 2.45) is 5.73 Å². The maximum atomic E-state index is 13.9. The quantitative estimate of drug-likeness (QED) is 0.570. The molecule has 0 unspecified atom stereocenters. The van der Waals surface area contributed by atoms with Crippen molar-refractivity contribution in [2.75, 3.05) is 32.8 Å². The first-order valence-electron chi connectivity index (χ1n) is 11.2. The molecular weight excluding hydrogens is 475 g/mol. The summed E-state index contributed by atoms with van der Waals surface area (Å²) < 4.78 is 19.1. The average molecular weight is 499 g/mol. The van der Waals surface area contributed by atoms with Gasteiger partial charge in [0.05, 0.1) is 28.4 Å². The van der Waals surface area contributed by atoms with E-state index in [9.17, 15) is 18.8 Å². The largest absolute Gasteiger partial charge is 0.449 e. The number of halogens is 2. The lowest BCUT2D eigenvalue weighted by atomic mass is 10.0. The Hall–Kier alpha value is -3.72. The predicted molar refractivity (Wildman–Crippen MR) is 130 cm³/mol. The minimum absolute atomic E-state index is 0.186. The van der Waals surface area contributed by atoms with E-state index in [0.29, 0.717) is 65.5 Å². The lowest BCUT2D eigenvalue weighted by molar-refractivity contribution is 0.0560. The SMILES string of the molecule is CCCOC(=O)N1CCN(C(=O)c2ccc3c(Cl)cc(-c4ccc(F)c(C(N)=O)c4)nc3c2)CC1. The Morgan fingerprint density at radius 3 is 2.46 bits per heavy atom. The fourth-order valence-electron chi connectivity index (χ4n) is 3.90. The number of amides is 3. The molecule has 2 heterocycles. The molecule has 1 aliphatic rings. The minimum Gasteiger partial charge on any atom is -0.449 e. The Bertz CT molecular complexity index is 1310. The number of benzene rings is 2. The van der Waals surface area contributed by atoms with Crippen molar-refractivity contribution in [3.05, 3.63) is 64.4 Å². The van der Waals surface area contributed by atoms with Crippen LogP contribution in [-0.4, -0.2) is 65.5 Å². The number of hydrogen-bond donors (Lipinski definition) is 1. The maximum Gasteiger partial charge on any atom is 0.409 e. The molecule has 1 fully saturated rings. The van der Waals surface area contributed by atoms with Crippen molar-refractivity contribution in [3.63, 3.8) is 0 Å². The molecule has 182 valence electrons. The van der Waals surface area contributed by atoms with Crippen molar-refractivity contribution < 1.29 is 23.5 Å². The van der Waals surface area contributed by atoms with Gasteiger partial charge >= 0.3 is 6.09 Å². The van der Waals surface area contributed by atoms with Gasteiger partial charge in [0.1, 0.15) is 5.82 Å². The van der Waals surface area contributed by atoms with E-state index in [4.69, 9.17) is 22.1 Å². The Balaban J connectivity index is 1.57. The van der Waals surface area contributed by atoms with Crippen LogP contribution in [-0.2, 0) is 4.74 Å². The van der Waals surface area contributed by atoms with Crippen LogP contribution >= 0.6 is 11.6 Å². The highest BCUT2D eigenvalue weighted by Gasteiger charge is 2.26. The number of nitrogens with zero attached hydrogens (tertiary/aromatic N) is 3. The second-order valence-corrected chi connectivity index (χ2v) is 8.58. The maximum absolute atomic E-state index is 13.9. The van der Waals surface area contributed by atoms with Crippen molar-refractivity contribution in [1.82, 2.24) is 14.8 Å². The van der Waals surface area contributed by atoms with Crippen LogP contribution in [0.15, 0.2) is 42.5 Å². The second-order valence-electron chi connectivity index (χ2n) is 8.17. The molecule has 2 N–H and O–H groups in total. The first-order chi connectivity index (χ1) is 16.8. The summed E-state index contributed by atoms with van der Waals surface area (Å²) in [6, 6.07) is 10.6. The van der Waals surface area contributed by atoms with Crippen molar-refractivity contribution in [2.45, 2.75) is 13.3 Å². The van der Waals surface area contributed by atoms with Crippen LogP contribution in [0.4, 0.5) is 9.18 Å². The zero-order valence-corrected chi connectivity index (χ0v) is 19.8. The standard InChI is InChI=1S/C25H24ClFN4O4/c1-2-11-35-25(34)31-9-7-30(8-10-31)24(33)16-3-5-17-19(26)14-21(29-22(17)13-16)15-4-6-20(27)18(12-15)23(28)32/h3-6,12-14H,2,7-11H2,1H3,(H2,28,32). The number of primary amides is 1. The van der Waals surface area contributed by atoms with Crippen molar-refractivity contribution in [1.29, 1.82) is 0 Å². The Morgan fingerprint density at radius 2 is 1.77 bits per heavy atom. The van der Waals surface area contributed by atoms with E-state index in [1.807, 2.05) is 6.92 Å². The van der Waals surface area contributed by atoms with Crippen molar-refractivity contribution >= 4 is 40.4 Å². The molecule has 0 radical (unpaired) electrons. The van der Waals surface area contributed by atoms with E-state index < -0.39 is 11.7 Å². The number of fused-ring (bicyclic) bond motifs is 1. The summed E-state index contributed by atoms with van der Waals surface area (Å²) in [6.07, 6.45) is 0.385. The highest BCUT2D eigenvalue weighted by molar-refractivity contribution is 6.35. The molecule has 35 heavy (non-hydrogen) atoms. The van der Waals surface area contributed by atoms with E-state index in [1.54, 1.807) is 34.1 Å². The first kappa shape index (κ1) is 24.4. The van der Waals surface area contributed by atoms with Gasteiger partial charge in [-0.3, -0.25) is 9.59 Å².